The fourth-order valence-electron chi connectivity index (χ4n) is 2.30. The zero-order chi connectivity index (χ0) is 17.7. The molecule has 5 heteroatoms. The van der Waals surface area contributed by atoms with E-state index in [0.29, 0.717) is 11.4 Å². The van der Waals surface area contributed by atoms with Crippen LogP contribution in [0.15, 0.2) is 42.5 Å². The Balaban J connectivity index is 2.00. The minimum absolute atomic E-state index is 0.137. The van der Waals surface area contributed by atoms with Crippen LogP contribution in [0.2, 0.25) is 0 Å². The maximum Gasteiger partial charge on any atom is 0.265 e. The molecular formula is C19H22N2O3. The van der Waals surface area contributed by atoms with Crippen LogP contribution in [0.5, 0.6) is 5.75 Å². The highest BCUT2D eigenvalue weighted by atomic mass is 16.5. The first-order valence-corrected chi connectivity index (χ1v) is 7.78. The van der Waals surface area contributed by atoms with Gasteiger partial charge in [0, 0.05) is 18.3 Å². The molecule has 1 atom stereocenters. The fourth-order valence-corrected chi connectivity index (χ4v) is 2.30. The molecule has 0 aliphatic rings. The maximum atomic E-state index is 12.3. The van der Waals surface area contributed by atoms with E-state index in [9.17, 15) is 9.59 Å². The molecule has 0 saturated heterocycles. The number of hydrogen-bond acceptors (Lipinski definition) is 3. The fraction of sp³-hybridized carbons (Fsp3) is 0.263. The molecule has 0 aliphatic carbocycles. The van der Waals surface area contributed by atoms with E-state index in [1.165, 1.54) is 6.92 Å². The second-order valence-corrected chi connectivity index (χ2v) is 5.73. The number of amides is 2. The number of rotatable bonds is 5. The number of carbonyl (C=O) groups is 2. The largest absolute Gasteiger partial charge is 0.480 e. The van der Waals surface area contributed by atoms with Gasteiger partial charge in [-0.05, 0) is 56.2 Å². The normalized spacial score (nSPS) is 11.5. The van der Waals surface area contributed by atoms with Crippen LogP contribution in [-0.2, 0) is 9.59 Å². The topological polar surface area (TPSA) is 67.4 Å². The molecule has 0 fully saturated rings. The van der Waals surface area contributed by atoms with Crippen LogP contribution in [0.1, 0.15) is 25.0 Å². The van der Waals surface area contributed by atoms with Gasteiger partial charge in [-0.3, -0.25) is 9.59 Å². The molecule has 2 N–H and O–H groups in total. The Morgan fingerprint density at radius 1 is 0.917 bits per heavy atom. The summed E-state index contributed by atoms with van der Waals surface area (Å²) in [7, 11) is 0. The molecule has 0 aromatic heterocycles. The summed E-state index contributed by atoms with van der Waals surface area (Å²) in [4.78, 5) is 23.3. The van der Waals surface area contributed by atoms with Crippen molar-refractivity contribution in [2.45, 2.75) is 33.8 Å². The monoisotopic (exact) mass is 326 g/mol. The lowest BCUT2D eigenvalue weighted by molar-refractivity contribution is -0.122. The van der Waals surface area contributed by atoms with Crippen molar-refractivity contribution >= 4 is 23.2 Å². The number of carbonyl (C=O) groups excluding carboxylic acids is 2. The van der Waals surface area contributed by atoms with Crippen molar-refractivity contribution in [1.29, 1.82) is 0 Å². The second kappa shape index (κ2) is 7.64. The first kappa shape index (κ1) is 17.5. The first-order chi connectivity index (χ1) is 11.4. The number of anilines is 2. The van der Waals surface area contributed by atoms with Crippen LogP contribution in [0.3, 0.4) is 0 Å². The zero-order valence-corrected chi connectivity index (χ0v) is 14.3. The molecule has 2 rings (SSSR count). The molecule has 1 unspecified atom stereocenters. The van der Waals surface area contributed by atoms with Gasteiger partial charge in [0.05, 0.1) is 0 Å². The summed E-state index contributed by atoms with van der Waals surface area (Å²) in [5, 5.41) is 5.48. The average molecular weight is 326 g/mol. The van der Waals surface area contributed by atoms with Gasteiger partial charge in [-0.2, -0.15) is 0 Å². The highest BCUT2D eigenvalue weighted by molar-refractivity contribution is 5.94. The molecule has 5 nitrogen and oxygen atoms in total. The summed E-state index contributed by atoms with van der Waals surface area (Å²) in [6, 6.07) is 12.8. The highest BCUT2D eigenvalue weighted by Gasteiger charge is 2.17. The number of hydrogen-bond donors (Lipinski definition) is 2. The zero-order valence-electron chi connectivity index (χ0n) is 14.3. The average Bonchev–Trinajstić information content (AvgIpc) is 2.52. The summed E-state index contributed by atoms with van der Waals surface area (Å²) < 4.78 is 5.82. The maximum absolute atomic E-state index is 12.3. The number of benzene rings is 2. The van der Waals surface area contributed by atoms with Crippen molar-refractivity contribution in [3.63, 3.8) is 0 Å². The van der Waals surface area contributed by atoms with E-state index in [2.05, 4.69) is 10.6 Å². The van der Waals surface area contributed by atoms with Crippen LogP contribution in [0.4, 0.5) is 11.4 Å². The van der Waals surface area contributed by atoms with E-state index in [0.717, 1.165) is 16.9 Å². The molecular weight excluding hydrogens is 304 g/mol. The Hall–Kier alpha value is -2.82. The van der Waals surface area contributed by atoms with Crippen molar-refractivity contribution in [3.05, 3.63) is 53.6 Å². The minimum Gasteiger partial charge on any atom is -0.480 e. The van der Waals surface area contributed by atoms with Gasteiger partial charge < -0.3 is 15.4 Å². The lowest BCUT2D eigenvalue weighted by atomic mass is 10.1. The number of nitrogens with one attached hydrogen (secondary N) is 2. The molecule has 24 heavy (non-hydrogen) atoms. The Morgan fingerprint density at radius 2 is 1.42 bits per heavy atom. The van der Waals surface area contributed by atoms with Gasteiger partial charge in [0.1, 0.15) is 5.75 Å². The Morgan fingerprint density at radius 3 is 1.92 bits per heavy atom. The van der Waals surface area contributed by atoms with E-state index in [1.54, 1.807) is 31.2 Å². The Labute approximate surface area is 142 Å². The minimum atomic E-state index is -0.625. The predicted octanol–water partition coefficient (Wildman–Crippen LogP) is 3.67. The quantitative estimate of drug-likeness (QED) is 0.881. The predicted molar refractivity (Wildman–Crippen MR) is 95.4 cm³/mol. The summed E-state index contributed by atoms with van der Waals surface area (Å²) in [5.74, 6) is 0.369. The number of ether oxygens (including phenoxy) is 1. The van der Waals surface area contributed by atoms with Gasteiger partial charge in [0.15, 0.2) is 6.10 Å². The molecule has 2 amide bonds. The van der Waals surface area contributed by atoms with Crippen molar-refractivity contribution in [2.24, 2.45) is 0 Å². The Bertz CT molecular complexity index is 719. The third kappa shape index (κ3) is 4.59. The molecule has 0 aliphatic heterocycles. The van der Waals surface area contributed by atoms with E-state index >= 15 is 0 Å². The third-order valence-electron chi connectivity index (χ3n) is 3.55. The van der Waals surface area contributed by atoms with E-state index in [1.807, 2.05) is 32.0 Å². The summed E-state index contributed by atoms with van der Waals surface area (Å²) in [5.41, 5.74) is 3.31. The molecule has 0 saturated carbocycles. The van der Waals surface area contributed by atoms with Crippen molar-refractivity contribution in [1.82, 2.24) is 0 Å². The summed E-state index contributed by atoms with van der Waals surface area (Å²) in [6.07, 6.45) is -0.625. The molecule has 0 radical (unpaired) electrons. The van der Waals surface area contributed by atoms with Gasteiger partial charge in [-0.1, -0.05) is 18.2 Å². The molecule has 126 valence electrons. The molecule has 2 aromatic carbocycles. The first-order valence-electron chi connectivity index (χ1n) is 7.78. The SMILES string of the molecule is CC(=O)Nc1ccc(NC(=O)C(C)Oc2c(C)cccc2C)cc1. The third-order valence-corrected chi connectivity index (χ3v) is 3.55. The Kier molecular flexibility index (Phi) is 5.58. The van der Waals surface area contributed by atoms with E-state index in [4.69, 9.17) is 4.74 Å². The van der Waals surface area contributed by atoms with E-state index < -0.39 is 6.10 Å². The van der Waals surface area contributed by atoms with Crippen molar-refractivity contribution in [3.8, 4) is 5.75 Å². The van der Waals surface area contributed by atoms with Gasteiger partial charge in [-0.15, -0.1) is 0 Å². The van der Waals surface area contributed by atoms with Gasteiger partial charge in [-0.25, -0.2) is 0 Å². The molecule has 0 heterocycles. The second-order valence-electron chi connectivity index (χ2n) is 5.73. The van der Waals surface area contributed by atoms with Gasteiger partial charge in [0.25, 0.3) is 5.91 Å². The van der Waals surface area contributed by atoms with Crippen molar-refractivity contribution in [2.75, 3.05) is 10.6 Å². The molecule has 0 spiro atoms. The van der Waals surface area contributed by atoms with Crippen LogP contribution < -0.4 is 15.4 Å². The highest BCUT2D eigenvalue weighted by Crippen LogP contribution is 2.24. The van der Waals surface area contributed by atoms with Crippen molar-refractivity contribution < 1.29 is 14.3 Å². The van der Waals surface area contributed by atoms with Crippen LogP contribution in [0.25, 0.3) is 0 Å². The number of para-hydroxylation sites is 1. The smallest absolute Gasteiger partial charge is 0.265 e. The summed E-state index contributed by atoms with van der Waals surface area (Å²) in [6.45, 7) is 7.07. The van der Waals surface area contributed by atoms with Crippen LogP contribution in [-0.4, -0.2) is 17.9 Å². The lowest BCUT2D eigenvalue weighted by Gasteiger charge is -2.18. The number of aryl methyl sites for hydroxylation is 2. The summed E-state index contributed by atoms with van der Waals surface area (Å²) >= 11 is 0. The van der Waals surface area contributed by atoms with Crippen LogP contribution >= 0.6 is 0 Å². The van der Waals surface area contributed by atoms with Gasteiger partial charge >= 0.3 is 0 Å². The molecule has 0 bridgehead atoms. The standard InChI is InChI=1S/C19H22N2O3/c1-12-6-5-7-13(2)18(12)24-14(3)19(23)21-17-10-8-16(9-11-17)20-15(4)22/h5-11,14H,1-4H3,(H,20,22)(H,21,23). The van der Waals surface area contributed by atoms with Gasteiger partial charge in [0.2, 0.25) is 5.91 Å². The van der Waals surface area contributed by atoms with Crippen LogP contribution in [0, 0.1) is 13.8 Å². The molecule has 2 aromatic rings. The lowest BCUT2D eigenvalue weighted by Crippen LogP contribution is -2.30. The van der Waals surface area contributed by atoms with E-state index in [-0.39, 0.29) is 11.8 Å².